The van der Waals surface area contributed by atoms with Gasteiger partial charge >= 0.3 is 0 Å². The van der Waals surface area contributed by atoms with Crippen LogP contribution in [-0.2, 0) is 0 Å². The van der Waals surface area contributed by atoms with Gasteiger partial charge in [0.15, 0.2) is 12.0 Å². The highest BCUT2D eigenvalue weighted by molar-refractivity contribution is 7.16. The molecule has 0 radical (unpaired) electrons. The summed E-state index contributed by atoms with van der Waals surface area (Å²) in [4.78, 5) is 8.32. The first-order valence-corrected chi connectivity index (χ1v) is 7.79. The lowest BCUT2D eigenvalue weighted by Gasteiger charge is -1.95. The third kappa shape index (κ3) is 2.34. The minimum atomic E-state index is 0.846. The van der Waals surface area contributed by atoms with Crippen LogP contribution in [0, 0.1) is 0 Å². The third-order valence-electron chi connectivity index (χ3n) is 3.46. The Kier molecular flexibility index (Phi) is 3.29. The summed E-state index contributed by atoms with van der Waals surface area (Å²) in [5.74, 6) is 0. The van der Waals surface area contributed by atoms with Crippen molar-refractivity contribution in [1.82, 2.24) is 9.97 Å². The fraction of sp³-hybridized carbons (Fsp3) is 0. The molecule has 0 aliphatic carbocycles. The smallest absolute Gasteiger partial charge is 0.182 e. The zero-order valence-electron chi connectivity index (χ0n) is 11.6. The maximum Gasteiger partial charge on any atom is 0.182 e. The highest BCUT2D eigenvalue weighted by atomic mass is 32.1. The Hall–Kier alpha value is -2.72. The van der Waals surface area contributed by atoms with Crippen molar-refractivity contribution < 1.29 is 4.42 Å². The van der Waals surface area contributed by atoms with Gasteiger partial charge in [-0.3, -0.25) is 0 Å². The second-order valence-corrected chi connectivity index (χ2v) is 5.69. The molecule has 0 spiro atoms. The lowest BCUT2D eigenvalue weighted by Crippen LogP contribution is -1.73. The van der Waals surface area contributed by atoms with E-state index in [-0.39, 0.29) is 0 Å². The minimum absolute atomic E-state index is 0.846. The normalized spacial score (nSPS) is 10.7. The van der Waals surface area contributed by atoms with E-state index in [1.807, 2.05) is 48.0 Å². The molecule has 5 aromatic rings. The van der Waals surface area contributed by atoms with Crippen LogP contribution in [0.5, 0.6) is 0 Å². The molecule has 3 nitrogen and oxygen atoms in total. The summed E-state index contributed by atoms with van der Waals surface area (Å²) in [5, 5.41) is 2.35. The number of oxazole rings is 1. The molecule has 0 unspecified atom stereocenters. The lowest BCUT2D eigenvalue weighted by molar-refractivity contribution is 0.602. The van der Waals surface area contributed by atoms with E-state index in [2.05, 4.69) is 28.2 Å². The molecule has 2 heterocycles. The Labute approximate surface area is 130 Å². The number of para-hydroxylation sites is 1. The summed E-state index contributed by atoms with van der Waals surface area (Å²) < 4.78 is 6.48. The molecule has 0 N–H and O–H groups in total. The first-order valence-electron chi connectivity index (χ1n) is 6.91. The van der Waals surface area contributed by atoms with Crippen LogP contribution in [-0.4, -0.2) is 9.97 Å². The first kappa shape index (κ1) is 13.0. The average molecular weight is 304 g/mol. The minimum Gasteiger partial charge on any atom is -0.443 e. The van der Waals surface area contributed by atoms with E-state index in [9.17, 15) is 0 Å². The average Bonchev–Trinajstić information content (AvgIpc) is 3.24. The van der Waals surface area contributed by atoms with Crippen molar-refractivity contribution in [2.75, 3.05) is 0 Å². The van der Waals surface area contributed by atoms with Crippen LogP contribution < -0.4 is 0 Å². The number of benzene rings is 3. The van der Waals surface area contributed by atoms with Gasteiger partial charge in [0.05, 0.1) is 15.7 Å². The summed E-state index contributed by atoms with van der Waals surface area (Å²) in [6.07, 6.45) is 1.48. The maximum absolute atomic E-state index is 5.21. The SMILES string of the molecule is c1ccc2c(c1)ccc1ocnc12.c1ccc2scnc2c1. The Morgan fingerprint density at radius 2 is 1.68 bits per heavy atom. The summed E-state index contributed by atoms with van der Waals surface area (Å²) in [7, 11) is 0. The van der Waals surface area contributed by atoms with E-state index >= 15 is 0 Å². The Bertz CT molecular complexity index is 1020. The number of rotatable bonds is 0. The molecule has 22 heavy (non-hydrogen) atoms. The van der Waals surface area contributed by atoms with Crippen molar-refractivity contribution in [2.24, 2.45) is 0 Å². The zero-order chi connectivity index (χ0) is 14.8. The van der Waals surface area contributed by atoms with Crippen LogP contribution >= 0.6 is 11.3 Å². The number of thiazole rings is 1. The van der Waals surface area contributed by atoms with Gasteiger partial charge in [-0.05, 0) is 23.6 Å². The zero-order valence-corrected chi connectivity index (χ0v) is 12.5. The molecule has 0 fully saturated rings. The van der Waals surface area contributed by atoms with Crippen molar-refractivity contribution in [3.63, 3.8) is 0 Å². The highest BCUT2D eigenvalue weighted by Crippen LogP contribution is 2.23. The molecule has 3 aromatic carbocycles. The van der Waals surface area contributed by atoms with Gasteiger partial charge in [-0.15, -0.1) is 11.3 Å². The first-order chi connectivity index (χ1) is 10.9. The van der Waals surface area contributed by atoms with Crippen molar-refractivity contribution >= 4 is 43.4 Å². The Morgan fingerprint density at radius 1 is 0.818 bits per heavy atom. The fourth-order valence-corrected chi connectivity index (χ4v) is 3.08. The number of hydrogen-bond acceptors (Lipinski definition) is 4. The Balaban J connectivity index is 0.000000122. The molecule has 0 aliphatic rings. The summed E-state index contributed by atoms with van der Waals surface area (Å²) in [6, 6.07) is 20.3. The molecule has 0 amide bonds. The van der Waals surface area contributed by atoms with Crippen LogP contribution in [0.25, 0.3) is 32.1 Å². The van der Waals surface area contributed by atoms with Gasteiger partial charge in [0.1, 0.15) is 5.52 Å². The van der Waals surface area contributed by atoms with E-state index < -0.39 is 0 Å². The summed E-state index contributed by atoms with van der Waals surface area (Å²) in [5.41, 5.74) is 4.75. The predicted octanol–water partition coefficient (Wildman–Crippen LogP) is 5.28. The molecule has 0 atom stereocenters. The van der Waals surface area contributed by atoms with E-state index in [4.69, 9.17) is 4.42 Å². The predicted molar refractivity (Wildman–Crippen MR) is 91.1 cm³/mol. The number of hydrogen-bond donors (Lipinski definition) is 0. The van der Waals surface area contributed by atoms with Gasteiger partial charge < -0.3 is 4.42 Å². The van der Waals surface area contributed by atoms with Crippen LogP contribution in [0.4, 0.5) is 0 Å². The molecule has 0 saturated carbocycles. The topological polar surface area (TPSA) is 38.9 Å². The Morgan fingerprint density at radius 3 is 2.64 bits per heavy atom. The van der Waals surface area contributed by atoms with Crippen molar-refractivity contribution in [3.8, 4) is 0 Å². The van der Waals surface area contributed by atoms with Crippen LogP contribution in [0.3, 0.4) is 0 Å². The quantitative estimate of drug-likeness (QED) is 0.391. The van der Waals surface area contributed by atoms with Gasteiger partial charge in [0, 0.05) is 5.39 Å². The standard InChI is InChI=1S/C11H7NO.C7H5NS/c1-2-4-9-8(3-1)5-6-10-11(9)12-7-13-10;1-2-4-7-6(3-1)8-5-9-7/h1-7H;1-5H. The highest BCUT2D eigenvalue weighted by Gasteiger charge is 2.02. The van der Waals surface area contributed by atoms with Crippen LogP contribution in [0.1, 0.15) is 0 Å². The molecule has 5 rings (SSSR count). The van der Waals surface area contributed by atoms with Gasteiger partial charge in [-0.2, -0.15) is 0 Å². The maximum atomic E-state index is 5.21. The number of aromatic nitrogens is 2. The van der Waals surface area contributed by atoms with Crippen molar-refractivity contribution in [2.45, 2.75) is 0 Å². The molecular weight excluding hydrogens is 292 g/mol. The van der Waals surface area contributed by atoms with Crippen molar-refractivity contribution in [3.05, 3.63) is 72.6 Å². The molecule has 0 saturated heterocycles. The third-order valence-corrected chi connectivity index (χ3v) is 4.27. The van der Waals surface area contributed by atoms with E-state index in [0.29, 0.717) is 0 Å². The molecule has 0 aliphatic heterocycles. The van der Waals surface area contributed by atoms with E-state index in [1.165, 1.54) is 16.5 Å². The van der Waals surface area contributed by atoms with Gasteiger partial charge in [-0.25, -0.2) is 9.97 Å². The van der Waals surface area contributed by atoms with Gasteiger partial charge in [-0.1, -0.05) is 42.5 Å². The second-order valence-electron chi connectivity index (χ2n) is 4.81. The largest absolute Gasteiger partial charge is 0.443 e. The monoisotopic (exact) mass is 304 g/mol. The van der Waals surface area contributed by atoms with E-state index in [0.717, 1.165) is 22.0 Å². The van der Waals surface area contributed by atoms with Gasteiger partial charge in [0.25, 0.3) is 0 Å². The molecule has 106 valence electrons. The van der Waals surface area contributed by atoms with Crippen LogP contribution in [0.2, 0.25) is 0 Å². The second kappa shape index (κ2) is 5.58. The van der Waals surface area contributed by atoms with Crippen LogP contribution in [0.15, 0.2) is 77.0 Å². The van der Waals surface area contributed by atoms with E-state index in [1.54, 1.807) is 11.3 Å². The summed E-state index contributed by atoms with van der Waals surface area (Å²) >= 11 is 1.68. The molecular formula is C18H12N2OS. The molecule has 2 aromatic heterocycles. The number of nitrogens with zero attached hydrogens (tertiary/aromatic N) is 2. The summed E-state index contributed by atoms with van der Waals surface area (Å²) in [6.45, 7) is 0. The van der Waals surface area contributed by atoms with Gasteiger partial charge in [0.2, 0.25) is 0 Å². The van der Waals surface area contributed by atoms with Crippen molar-refractivity contribution in [1.29, 1.82) is 0 Å². The fourth-order valence-electron chi connectivity index (χ4n) is 2.40. The lowest BCUT2D eigenvalue weighted by atomic mass is 10.1. The molecule has 4 heteroatoms. The molecule has 0 bridgehead atoms. The number of fused-ring (bicyclic) bond motifs is 4.